The highest BCUT2D eigenvalue weighted by Gasteiger charge is 2.16. The molecule has 1 nitrogen and oxygen atoms in total. The van der Waals surface area contributed by atoms with Gasteiger partial charge in [-0.3, -0.25) is 4.90 Å². The van der Waals surface area contributed by atoms with Crippen LogP contribution in [0.1, 0.15) is 30.0 Å². The van der Waals surface area contributed by atoms with Crippen LogP contribution in [0, 0.1) is 0 Å². The molecule has 0 radical (unpaired) electrons. The first-order valence-electron chi connectivity index (χ1n) is 6.78. The summed E-state index contributed by atoms with van der Waals surface area (Å²) in [7, 11) is 0. The first-order valence-corrected chi connectivity index (χ1v) is 7.22. The summed E-state index contributed by atoms with van der Waals surface area (Å²) in [6.07, 6.45) is 1.10. The van der Waals surface area contributed by atoms with E-state index in [4.69, 9.17) is 11.6 Å². The minimum atomic E-state index is -0.0682. The van der Waals surface area contributed by atoms with E-state index in [2.05, 4.69) is 48.2 Å². The summed E-state index contributed by atoms with van der Waals surface area (Å²) in [4.78, 5) is 2.31. The first-order chi connectivity index (χ1) is 9.31. The minimum absolute atomic E-state index is 0.0682. The van der Waals surface area contributed by atoms with E-state index in [-0.39, 0.29) is 5.50 Å². The molecule has 2 aromatic carbocycles. The van der Waals surface area contributed by atoms with Crippen molar-refractivity contribution in [2.24, 2.45) is 0 Å². The van der Waals surface area contributed by atoms with E-state index >= 15 is 0 Å². The second-order valence-corrected chi connectivity index (χ2v) is 5.12. The van der Waals surface area contributed by atoms with Crippen molar-refractivity contribution < 1.29 is 0 Å². The van der Waals surface area contributed by atoms with Crippen LogP contribution in [0.5, 0.6) is 0 Å². The van der Waals surface area contributed by atoms with E-state index < -0.39 is 0 Å². The molecule has 0 heterocycles. The van der Waals surface area contributed by atoms with E-state index in [1.54, 1.807) is 0 Å². The van der Waals surface area contributed by atoms with Crippen molar-refractivity contribution in [1.29, 1.82) is 0 Å². The van der Waals surface area contributed by atoms with Crippen LogP contribution in [0.2, 0.25) is 0 Å². The zero-order valence-electron chi connectivity index (χ0n) is 11.3. The fourth-order valence-electron chi connectivity index (χ4n) is 2.20. The van der Waals surface area contributed by atoms with E-state index in [1.165, 1.54) is 5.56 Å². The van der Waals surface area contributed by atoms with Crippen LogP contribution in [-0.4, -0.2) is 11.4 Å². The average Bonchev–Trinajstić information content (AvgIpc) is 2.48. The molecule has 0 aliphatic heterocycles. The molecule has 2 heteroatoms. The lowest BCUT2D eigenvalue weighted by molar-refractivity contribution is 0.245. The Kier molecular flexibility index (Phi) is 5.44. The van der Waals surface area contributed by atoms with Gasteiger partial charge in [-0.25, -0.2) is 0 Å². The van der Waals surface area contributed by atoms with Crippen LogP contribution < -0.4 is 0 Å². The van der Waals surface area contributed by atoms with Gasteiger partial charge in [-0.05, 0) is 24.1 Å². The van der Waals surface area contributed by atoms with Crippen LogP contribution in [0.3, 0.4) is 0 Å². The molecule has 0 amide bonds. The molecule has 1 unspecified atom stereocenters. The molecule has 0 aliphatic rings. The van der Waals surface area contributed by atoms with Crippen molar-refractivity contribution in [3.63, 3.8) is 0 Å². The van der Waals surface area contributed by atoms with Gasteiger partial charge in [-0.1, -0.05) is 67.6 Å². The number of benzene rings is 2. The molecule has 0 bridgehead atoms. The van der Waals surface area contributed by atoms with E-state index in [9.17, 15) is 0 Å². The maximum Gasteiger partial charge on any atom is 0.111 e. The van der Waals surface area contributed by atoms with E-state index in [0.717, 1.165) is 25.1 Å². The van der Waals surface area contributed by atoms with Crippen LogP contribution >= 0.6 is 11.6 Å². The lowest BCUT2D eigenvalue weighted by Gasteiger charge is -2.27. The van der Waals surface area contributed by atoms with Gasteiger partial charge in [0.2, 0.25) is 0 Å². The molecular formula is C17H20ClN. The summed E-state index contributed by atoms with van der Waals surface area (Å²) in [6.45, 7) is 4.07. The van der Waals surface area contributed by atoms with Gasteiger partial charge in [0.15, 0.2) is 0 Å². The molecule has 0 aliphatic carbocycles. The van der Waals surface area contributed by atoms with Crippen molar-refractivity contribution in [3.05, 3.63) is 71.8 Å². The number of hydrogen-bond donors (Lipinski definition) is 0. The van der Waals surface area contributed by atoms with Gasteiger partial charge in [-0.15, -0.1) is 11.6 Å². The molecule has 0 saturated heterocycles. The lowest BCUT2D eigenvalue weighted by Crippen LogP contribution is -2.26. The summed E-state index contributed by atoms with van der Waals surface area (Å²) in [5.41, 5.74) is 2.40. The zero-order chi connectivity index (χ0) is 13.5. The standard InChI is InChI=1S/C17H20ClN/c1-2-13-19(14-15-9-5-3-6-10-15)17(18)16-11-7-4-8-12-16/h3-12,17H,2,13-14H2,1H3. The Morgan fingerprint density at radius 2 is 1.53 bits per heavy atom. The third-order valence-corrected chi connectivity index (χ3v) is 3.66. The number of nitrogens with zero attached hydrogens (tertiary/aromatic N) is 1. The molecule has 19 heavy (non-hydrogen) atoms. The lowest BCUT2D eigenvalue weighted by atomic mass is 10.1. The molecule has 2 aromatic rings. The topological polar surface area (TPSA) is 3.24 Å². The third-order valence-electron chi connectivity index (χ3n) is 3.13. The van der Waals surface area contributed by atoms with Gasteiger partial charge in [0.1, 0.15) is 5.50 Å². The van der Waals surface area contributed by atoms with Crippen LogP contribution in [-0.2, 0) is 6.54 Å². The SMILES string of the molecule is CCCN(Cc1ccccc1)C(Cl)c1ccccc1. The molecule has 100 valence electrons. The molecule has 2 rings (SSSR count). The first kappa shape index (κ1) is 14.1. The fraction of sp³-hybridized carbons (Fsp3) is 0.294. The highest BCUT2D eigenvalue weighted by molar-refractivity contribution is 6.20. The maximum absolute atomic E-state index is 6.63. The Labute approximate surface area is 120 Å². The molecule has 0 aromatic heterocycles. The van der Waals surface area contributed by atoms with Crippen molar-refractivity contribution in [3.8, 4) is 0 Å². The number of hydrogen-bond acceptors (Lipinski definition) is 1. The van der Waals surface area contributed by atoms with Crippen LogP contribution in [0.4, 0.5) is 0 Å². The van der Waals surface area contributed by atoms with Crippen molar-refractivity contribution in [1.82, 2.24) is 4.90 Å². The summed E-state index contributed by atoms with van der Waals surface area (Å²) >= 11 is 6.63. The Morgan fingerprint density at radius 3 is 2.11 bits per heavy atom. The molecular weight excluding hydrogens is 254 g/mol. The quantitative estimate of drug-likeness (QED) is 0.538. The zero-order valence-corrected chi connectivity index (χ0v) is 12.1. The number of halogens is 1. The number of alkyl halides is 1. The number of rotatable bonds is 6. The predicted molar refractivity (Wildman–Crippen MR) is 82.2 cm³/mol. The maximum atomic E-state index is 6.63. The molecule has 0 N–H and O–H groups in total. The van der Waals surface area contributed by atoms with Crippen LogP contribution in [0.25, 0.3) is 0 Å². The normalized spacial score (nSPS) is 12.6. The summed E-state index contributed by atoms with van der Waals surface area (Å²) in [6, 6.07) is 20.8. The van der Waals surface area contributed by atoms with Gasteiger partial charge >= 0.3 is 0 Å². The monoisotopic (exact) mass is 273 g/mol. The van der Waals surface area contributed by atoms with Crippen LogP contribution in [0.15, 0.2) is 60.7 Å². The third kappa shape index (κ3) is 4.09. The van der Waals surface area contributed by atoms with Gasteiger partial charge < -0.3 is 0 Å². The fourth-order valence-corrected chi connectivity index (χ4v) is 2.51. The Balaban J connectivity index is 2.11. The Morgan fingerprint density at radius 1 is 0.947 bits per heavy atom. The second kappa shape index (κ2) is 7.32. The average molecular weight is 274 g/mol. The van der Waals surface area contributed by atoms with Gasteiger partial charge in [-0.2, -0.15) is 0 Å². The van der Waals surface area contributed by atoms with Crippen molar-refractivity contribution >= 4 is 11.6 Å². The summed E-state index contributed by atoms with van der Waals surface area (Å²) in [5, 5.41) is 0. The van der Waals surface area contributed by atoms with Crippen molar-refractivity contribution in [2.75, 3.05) is 6.54 Å². The highest BCUT2D eigenvalue weighted by Crippen LogP contribution is 2.26. The summed E-state index contributed by atoms with van der Waals surface area (Å²) in [5.74, 6) is 0. The molecule has 0 saturated carbocycles. The van der Waals surface area contributed by atoms with Gasteiger partial charge in [0, 0.05) is 6.54 Å². The molecule has 0 fully saturated rings. The Bertz CT molecular complexity index is 469. The van der Waals surface area contributed by atoms with E-state index in [0.29, 0.717) is 0 Å². The molecule has 1 atom stereocenters. The Hall–Kier alpha value is -1.31. The second-order valence-electron chi connectivity index (χ2n) is 4.70. The summed E-state index contributed by atoms with van der Waals surface area (Å²) < 4.78 is 0. The van der Waals surface area contributed by atoms with Crippen molar-refractivity contribution in [2.45, 2.75) is 25.4 Å². The molecule has 0 spiro atoms. The minimum Gasteiger partial charge on any atom is -0.279 e. The van der Waals surface area contributed by atoms with Gasteiger partial charge in [0.25, 0.3) is 0 Å². The predicted octanol–water partition coefficient (Wildman–Crippen LogP) is 4.84. The highest BCUT2D eigenvalue weighted by atomic mass is 35.5. The largest absolute Gasteiger partial charge is 0.279 e. The van der Waals surface area contributed by atoms with Gasteiger partial charge in [0.05, 0.1) is 0 Å². The smallest absolute Gasteiger partial charge is 0.111 e. The van der Waals surface area contributed by atoms with E-state index in [1.807, 2.05) is 24.3 Å².